The summed E-state index contributed by atoms with van der Waals surface area (Å²) >= 11 is 5.97. The number of pyridine rings is 1. The highest BCUT2D eigenvalue weighted by Gasteiger charge is 2.16. The maximum Gasteiger partial charge on any atom is 0.255 e. The first-order valence-electron chi connectivity index (χ1n) is 7.40. The zero-order valence-corrected chi connectivity index (χ0v) is 14.0. The van der Waals surface area contributed by atoms with E-state index in [0.717, 1.165) is 0 Å². The lowest BCUT2D eigenvalue weighted by molar-refractivity contribution is 0.103. The molecule has 126 valence electrons. The summed E-state index contributed by atoms with van der Waals surface area (Å²) in [6.07, 6.45) is 1.43. The molecule has 0 saturated carbocycles. The van der Waals surface area contributed by atoms with Gasteiger partial charge in [0.25, 0.3) is 5.56 Å². The Hall–Kier alpha value is -3.05. The number of hydrogen-bond donors (Lipinski definition) is 1. The van der Waals surface area contributed by atoms with Crippen LogP contribution < -0.4 is 10.3 Å². The minimum atomic E-state index is -0.407. The maximum absolute atomic E-state index is 12.7. The van der Waals surface area contributed by atoms with Crippen molar-refractivity contribution in [2.75, 3.05) is 7.11 Å². The summed E-state index contributed by atoms with van der Waals surface area (Å²) in [6, 6.07) is 13.9. The van der Waals surface area contributed by atoms with Gasteiger partial charge in [-0.15, -0.1) is 0 Å². The van der Waals surface area contributed by atoms with Gasteiger partial charge >= 0.3 is 0 Å². The van der Waals surface area contributed by atoms with Crippen LogP contribution in [0.4, 0.5) is 0 Å². The number of halogens is 1. The molecule has 0 unspecified atom stereocenters. The van der Waals surface area contributed by atoms with Gasteiger partial charge in [-0.3, -0.25) is 14.2 Å². The van der Waals surface area contributed by atoms with Crippen molar-refractivity contribution in [3.63, 3.8) is 0 Å². The monoisotopic (exact) mass is 355 g/mol. The number of benzene rings is 2. The third kappa shape index (κ3) is 3.41. The van der Waals surface area contributed by atoms with Crippen molar-refractivity contribution in [1.29, 1.82) is 0 Å². The van der Waals surface area contributed by atoms with Crippen LogP contribution in [0.25, 0.3) is 5.69 Å². The molecule has 3 rings (SSSR count). The Morgan fingerprint density at radius 3 is 2.60 bits per heavy atom. The zero-order valence-electron chi connectivity index (χ0n) is 13.3. The molecule has 6 heteroatoms. The van der Waals surface area contributed by atoms with E-state index in [2.05, 4.69) is 0 Å². The van der Waals surface area contributed by atoms with Gasteiger partial charge < -0.3 is 9.84 Å². The molecule has 1 aromatic heterocycles. The Bertz CT molecular complexity index is 1010. The molecule has 1 heterocycles. The van der Waals surface area contributed by atoms with Crippen molar-refractivity contribution in [2.24, 2.45) is 0 Å². The molecule has 0 amide bonds. The average Bonchev–Trinajstić information content (AvgIpc) is 2.61. The first-order chi connectivity index (χ1) is 12.0. The van der Waals surface area contributed by atoms with Gasteiger partial charge in [0.05, 0.1) is 18.4 Å². The Balaban J connectivity index is 2.05. The number of phenolic OH excluding ortho intramolecular Hbond substituents is 1. The Kier molecular flexibility index (Phi) is 4.59. The molecule has 25 heavy (non-hydrogen) atoms. The lowest BCUT2D eigenvalue weighted by Crippen LogP contribution is -2.18. The van der Waals surface area contributed by atoms with E-state index in [1.165, 1.54) is 42.1 Å². The fraction of sp³-hybridized carbons (Fsp3) is 0.0526. The van der Waals surface area contributed by atoms with Crippen molar-refractivity contribution >= 4 is 17.4 Å². The Labute approximate surface area is 148 Å². The molecule has 0 bridgehead atoms. The molecule has 0 saturated heterocycles. The minimum Gasteiger partial charge on any atom is -0.507 e. The summed E-state index contributed by atoms with van der Waals surface area (Å²) in [5.74, 6) is -0.154. The molecule has 5 nitrogen and oxygen atoms in total. The number of rotatable bonds is 4. The number of phenols is 1. The Morgan fingerprint density at radius 1 is 1.12 bits per heavy atom. The highest BCUT2D eigenvalue weighted by atomic mass is 35.5. The van der Waals surface area contributed by atoms with Gasteiger partial charge in [-0.25, -0.2) is 0 Å². The van der Waals surface area contributed by atoms with Crippen LogP contribution in [0.2, 0.25) is 5.02 Å². The number of carbonyl (C=O) groups excluding carboxylic acids is 1. The van der Waals surface area contributed by atoms with Crippen LogP contribution in [-0.4, -0.2) is 22.6 Å². The first kappa shape index (κ1) is 16.8. The Morgan fingerprint density at radius 2 is 1.92 bits per heavy atom. The summed E-state index contributed by atoms with van der Waals surface area (Å²) in [4.78, 5) is 24.8. The van der Waals surface area contributed by atoms with E-state index >= 15 is 0 Å². The SMILES string of the molecule is COc1ccc(C(=O)c2ccc(=O)n(-c3cccc(Cl)c3)c2)c(O)c1. The van der Waals surface area contributed by atoms with Crippen molar-refractivity contribution in [3.05, 3.63) is 87.3 Å². The largest absolute Gasteiger partial charge is 0.507 e. The second kappa shape index (κ2) is 6.83. The summed E-state index contributed by atoms with van der Waals surface area (Å²) in [5, 5.41) is 10.5. The predicted octanol–water partition coefficient (Wildman–Crippen LogP) is 3.44. The van der Waals surface area contributed by atoms with Crippen molar-refractivity contribution < 1.29 is 14.6 Å². The van der Waals surface area contributed by atoms with Gasteiger partial charge in [0.15, 0.2) is 5.78 Å². The summed E-state index contributed by atoms with van der Waals surface area (Å²) in [5.41, 5.74) is 0.640. The van der Waals surface area contributed by atoms with Crippen LogP contribution in [-0.2, 0) is 0 Å². The van der Waals surface area contributed by atoms with E-state index in [-0.39, 0.29) is 22.4 Å². The van der Waals surface area contributed by atoms with Crippen LogP contribution in [0.5, 0.6) is 11.5 Å². The van der Waals surface area contributed by atoms with Gasteiger partial charge in [-0.1, -0.05) is 17.7 Å². The van der Waals surface area contributed by atoms with Crippen molar-refractivity contribution in [3.8, 4) is 17.2 Å². The summed E-state index contributed by atoms with van der Waals surface area (Å²) < 4.78 is 6.34. The normalized spacial score (nSPS) is 10.5. The molecule has 0 aliphatic carbocycles. The highest BCUT2D eigenvalue weighted by Crippen LogP contribution is 2.25. The first-order valence-corrected chi connectivity index (χ1v) is 7.78. The van der Waals surface area contributed by atoms with Gasteiger partial charge in [0, 0.05) is 28.9 Å². The molecular formula is C19H14ClNO4. The van der Waals surface area contributed by atoms with Crippen LogP contribution in [0.15, 0.2) is 65.6 Å². The van der Waals surface area contributed by atoms with Crippen LogP contribution in [0.1, 0.15) is 15.9 Å². The molecule has 2 aromatic carbocycles. The molecule has 3 aromatic rings. The van der Waals surface area contributed by atoms with Crippen molar-refractivity contribution in [2.45, 2.75) is 0 Å². The smallest absolute Gasteiger partial charge is 0.255 e. The van der Waals surface area contributed by atoms with Gasteiger partial charge in [0.1, 0.15) is 11.5 Å². The molecule has 0 spiro atoms. The minimum absolute atomic E-state index is 0.122. The number of nitrogens with zero attached hydrogens (tertiary/aromatic N) is 1. The van der Waals surface area contributed by atoms with E-state index in [0.29, 0.717) is 16.5 Å². The van der Waals surface area contributed by atoms with E-state index in [1.54, 1.807) is 30.3 Å². The summed E-state index contributed by atoms with van der Waals surface area (Å²) in [7, 11) is 1.47. The van der Waals surface area contributed by atoms with E-state index in [4.69, 9.17) is 16.3 Å². The van der Waals surface area contributed by atoms with Crippen LogP contribution in [0.3, 0.4) is 0 Å². The lowest BCUT2D eigenvalue weighted by atomic mass is 10.0. The average molecular weight is 356 g/mol. The third-order valence-electron chi connectivity index (χ3n) is 3.71. The van der Waals surface area contributed by atoms with Gasteiger partial charge in [-0.05, 0) is 36.4 Å². The highest BCUT2D eigenvalue weighted by molar-refractivity contribution is 6.30. The van der Waals surface area contributed by atoms with E-state index in [1.807, 2.05) is 0 Å². The topological polar surface area (TPSA) is 68.5 Å². The number of methoxy groups -OCH3 is 1. The maximum atomic E-state index is 12.7. The quantitative estimate of drug-likeness (QED) is 0.728. The summed E-state index contributed by atoms with van der Waals surface area (Å²) in [6.45, 7) is 0. The van der Waals surface area contributed by atoms with Gasteiger partial charge in [0.2, 0.25) is 0 Å². The number of ether oxygens (including phenoxy) is 1. The fourth-order valence-corrected chi connectivity index (χ4v) is 2.62. The molecule has 0 fully saturated rings. The second-order valence-corrected chi connectivity index (χ2v) is 5.75. The van der Waals surface area contributed by atoms with Gasteiger partial charge in [-0.2, -0.15) is 0 Å². The lowest BCUT2D eigenvalue weighted by Gasteiger charge is -2.10. The van der Waals surface area contributed by atoms with E-state index < -0.39 is 5.78 Å². The van der Waals surface area contributed by atoms with Crippen molar-refractivity contribution in [1.82, 2.24) is 4.57 Å². The third-order valence-corrected chi connectivity index (χ3v) is 3.94. The molecule has 1 N–H and O–H groups in total. The molecule has 0 radical (unpaired) electrons. The number of aromatic nitrogens is 1. The number of hydrogen-bond acceptors (Lipinski definition) is 4. The number of carbonyl (C=O) groups is 1. The molecule has 0 aliphatic heterocycles. The molecular weight excluding hydrogens is 342 g/mol. The van der Waals surface area contributed by atoms with Crippen LogP contribution >= 0.6 is 11.6 Å². The number of ketones is 1. The van der Waals surface area contributed by atoms with E-state index in [9.17, 15) is 14.7 Å². The zero-order chi connectivity index (χ0) is 18.0. The number of aromatic hydroxyl groups is 1. The predicted molar refractivity (Wildman–Crippen MR) is 95.1 cm³/mol. The second-order valence-electron chi connectivity index (χ2n) is 5.32. The standard InChI is InChI=1S/C19H14ClNO4/c1-25-15-6-7-16(17(22)10-15)19(24)12-5-8-18(23)21(11-12)14-4-2-3-13(20)9-14/h2-11,22H,1H3. The van der Waals surface area contributed by atoms with Crippen LogP contribution in [0, 0.1) is 0 Å². The molecule has 0 aliphatic rings. The molecule has 0 atom stereocenters. The fourth-order valence-electron chi connectivity index (χ4n) is 2.44.